The van der Waals surface area contributed by atoms with Crippen LogP contribution >= 0.6 is 0 Å². The van der Waals surface area contributed by atoms with Crippen LogP contribution in [0.25, 0.3) is 10.9 Å². The number of aliphatic carboxylic acids is 1. The summed E-state index contributed by atoms with van der Waals surface area (Å²) in [6.45, 7) is 3.07. The fourth-order valence-electron chi connectivity index (χ4n) is 2.89. The van der Waals surface area contributed by atoms with E-state index in [1.165, 1.54) is 13.8 Å². The molecule has 144 valence electrons. The number of ketones is 1. The van der Waals surface area contributed by atoms with Gasteiger partial charge in [0.1, 0.15) is 12.3 Å². The first-order chi connectivity index (χ1) is 12.6. The largest absolute Gasteiger partial charge is 0.480 e. The first kappa shape index (κ1) is 20.3. The quantitative estimate of drug-likeness (QED) is 0.465. The third-order valence-electron chi connectivity index (χ3n) is 4.78. The van der Waals surface area contributed by atoms with E-state index < -0.39 is 29.4 Å². The van der Waals surface area contributed by atoms with Crippen LogP contribution in [0.2, 0.25) is 0 Å². The van der Waals surface area contributed by atoms with Gasteiger partial charge in [-0.25, -0.2) is 4.79 Å². The molecule has 0 saturated carbocycles. The molecule has 0 fully saturated rings. The number of carboxylic acids is 1. The van der Waals surface area contributed by atoms with Crippen molar-refractivity contribution in [2.24, 2.45) is 18.2 Å². The number of amides is 1. The number of benzene rings is 1. The number of nitrogens with one attached hydrogen (secondary N) is 1. The molecule has 2 unspecified atom stereocenters. The van der Waals surface area contributed by atoms with E-state index in [0.29, 0.717) is 12.0 Å². The van der Waals surface area contributed by atoms with Crippen LogP contribution in [0.3, 0.4) is 0 Å². The molecule has 0 aliphatic rings. The first-order valence-corrected chi connectivity index (χ1v) is 8.43. The number of Topliss-reactive ketones (excluding diaryl/α,β-unsaturated/α-hetero) is 1. The summed E-state index contributed by atoms with van der Waals surface area (Å²) in [5, 5.41) is 12.2. The van der Waals surface area contributed by atoms with Crippen molar-refractivity contribution in [1.29, 1.82) is 0 Å². The Morgan fingerprint density at radius 2 is 1.93 bits per heavy atom. The number of nitrogens with two attached hydrogens (primary N) is 1. The van der Waals surface area contributed by atoms with Gasteiger partial charge >= 0.3 is 5.97 Å². The molecule has 2 atom stereocenters. The Morgan fingerprint density at radius 3 is 2.48 bits per heavy atom. The minimum atomic E-state index is -1.38. The van der Waals surface area contributed by atoms with Gasteiger partial charge in [0.2, 0.25) is 5.91 Å². The number of carboxylic acid groups (broad SMARTS) is 1. The minimum Gasteiger partial charge on any atom is -0.480 e. The molecule has 27 heavy (non-hydrogen) atoms. The Balaban J connectivity index is 2.28. The molecule has 1 aromatic carbocycles. The molecule has 0 saturated heterocycles. The zero-order valence-corrected chi connectivity index (χ0v) is 15.4. The molecule has 0 aliphatic carbocycles. The number of carbonyl (C=O) groups excluding carboxylic acids is 3. The normalized spacial score (nSPS) is 13.8. The van der Waals surface area contributed by atoms with Crippen LogP contribution in [0.15, 0.2) is 30.3 Å². The molecular formula is C19H23N3O5. The molecule has 1 aromatic heterocycles. The summed E-state index contributed by atoms with van der Waals surface area (Å²) in [4.78, 5) is 47.2. The lowest BCUT2D eigenvalue weighted by Gasteiger charge is -2.30. The summed E-state index contributed by atoms with van der Waals surface area (Å²) in [7, 11) is 1.75. The number of nitrogens with zero attached hydrogens (tertiary/aromatic N) is 1. The molecule has 0 radical (unpaired) electrons. The van der Waals surface area contributed by atoms with E-state index in [2.05, 4.69) is 5.32 Å². The molecule has 2 rings (SSSR count). The van der Waals surface area contributed by atoms with Gasteiger partial charge < -0.3 is 25.5 Å². The number of aromatic nitrogens is 1. The second-order valence-electron chi connectivity index (χ2n) is 6.98. The number of para-hydroxylation sites is 1. The first-order valence-electron chi connectivity index (χ1n) is 8.43. The number of carbonyl (C=O) groups is 4. The van der Waals surface area contributed by atoms with Crippen molar-refractivity contribution in [1.82, 2.24) is 9.88 Å². The Morgan fingerprint density at radius 1 is 1.30 bits per heavy atom. The maximum Gasteiger partial charge on any atom is 0.326 e. The highest BCUT2D eigenvalue weighted by Crippen LogP contribution is 2.28. The molecule has 0 spiro atoms. The van der Waals surface area contributed by atoms with Gasteiger partial charge in [0.15, 0.2) is 5.78 Å². The van der Waals surface area contributed by atoms with Crippen molar-refractivity contribution in [2.75, 3.05) is 0 Å². The topological polar surface area (TPSA) is 131 Å². The van der Waals surface area contributed by atoms with Gasteiger partial charge in [0.05, 0.1) is 17.2 Å². The van der Waals surface area contributed by atoms with Crippen molar-refractivity contribution < 1.29 is 24.3 Å². The standard InChI is InChI=1S/C19H23N3O5/c1-19(2,15(20)17(25)21-12(8-9-23)18(26)27)16(24)14-10-11-6-4-5-7-13(11)22(14)3/h4-7,9-10,12,15H,8,20H2,1-3H3,(H,21,25)(H,26,27). The second kappa shape index (κ2) is 7.71. The van der Waals surface area contributed by atoms with Crippen molar-refractivity contribution >= 4 is 34.8 Å². The predicted molar refractivity (Wildman–Crippen MR) is 99.3 cm³/mol. The third kappa shape index (κ3) is 3.90. The molecule has 1 heterocycles. The SMILES string of the molecule is Cn1c(C(=O)C(C)(C)C(N)C(=O)NC(CC=O)C(=O)O)cc2ccccc21. The predicted octanol–water partition coefficient (Wildman–Crippen LogP) is 0.873. The van der Waals surface area contributed by atoms with Gasteiger partial charge in [-0.3, -0.25) is 9.59 Å². The Kier molecular flexibility index (Phi) is 5.80. The Labute approximate surface area is 156 Å². The van der Waals surface area contributed by atoms with Crippen LogP contribution in [-0.2, 0) is 21.4 Å². The van der Waals surface area contributed by atoms with Crippen LogP contribution < -0.4 is 11.1 Å². The van der Waals surface area contributed by atoms with E-state index in [1.807, 2.05) is 24.3 Å². The van der Waals surface area contributed by atoms with Crippen LogP contribution in [0.1, 0.15) is 30.8 Å². The lowest BCUT2D eigenvalue weighted by molar-refractivity contribution is -0.143. The lowest BCUT2D eigenvalue weighted by atomic mass is 9.78. The summed E-state index contributed by atoms with van der Waals surface area (Å²) >= 11 is 0. The average Bonchev–Trinajstić information content (AvgIpc) is 2.96. The van der Waals surface area contributed by atoms with Gasteiger partial charge in [0, 0.05) is 24.4 Å². The molecule has 2 aromatic rings. The fraction of sp³-hybridized carbons (Fsp3) is 0.368. The van der Waals surface area contributed by atoms with Crippen molar-refractivity contribution in [3.05, 3.63) is 36.0 Å². The third-order valence-corrected chi connectivity index (χ3v) is 4.78. The maximum absolute atomic E-state index is 13.1. The molecule has 8 heteroatoms. The molecular weight excluding hydrogens is 350 g/mol. The summed E-state index contributed by atoms with van der Waals surface area (Å²) in [6.07, 6.45) is 0.0157. The number of rotatable bonds is 8. The maximum atomic E-state index is 13.1. The highest BCUT2D eigenvalue weighted by atomic mass is 16.4. The van der Waals surface area contributed by atoms with Crippen LogP contribution in [-0.4, -0.2) is 45.7 Å². The number of fused-ring (bicyclic) bond motifs is 1. The Hall–Kier alpha value is -3.00. The number of hydrogen-bond donors (Lipinski definition) is 3. The minimum absolute atomic E-state index is 0.342. The van der Waals surface area contributed by atoms with Gasteiger partial charge in [-0.2, -0.15) is 0 Å². The number of hydrogen-bond acceptors (Lipinski definition) is 5. The van der Waals surface area contributed by atoms with E-state index in [9.17, 15) is 19.2 Å². The van der Waals surface area contributed by atoms with Crippen LogP contribution in [0, 0.1) is 5.41 Å². The van der Waals surface area contributed by atoms with Gasteiger partial charge in [-0.15, -0.1) is 0 Å². The zero-order valence-electron chi connectivity index (χ0n) is 15.4. The van der Waals surface area contributed by atoms with E-state index in [4.69, 9.17) is 10.8 Å². The van der Waals surface area contributed by atoms with Crippen molar-refractivity contribution in [2.45, 2.75) is 32.4 Å². The fourth-order valence-corrected chi connectivity index (χ4v) is 2.89. The van der Waals surface area contributed by atoms with Crippen LogP contribution in [0.5, 0.6) is 0 Å². The number of aryl methyl sites for hydroxylation is 1. The van der Waals surface area contributed by atoms with Crippen molar-refractivity contribution in [3.63, 3.8) is 0 Å². The molecule has 1 amide bonds. The highest BCUT2D eigenvalue weighted by molar-refractivity contribution is 6.06. The average molecular weight is 373 g/mol. The molecule has 0 bridgehead atoms. The van der Waals surface area contributed by atoms with Gasteiger partial charge in [-0.05, 0) is 12.1 Å². The van der Waals surface area contributed by atoms with Crippen molar-refractivity contribution in [3.8, 4) is 0 Å². The molecule has 0 aliphatic heterocycles. The van der Waals surface area contributed by atoms with E-state index in [-0.39, 0.29) is 12.2 Å². The van der Waals surface area contributed by atoms with E-state index in [0.717, 1.165) is 10.9 Å². The second-order valence-corrected chi connectivity index (χ2v) is 6.98. The Bertz CT molecular complexity index is 900. The number of aldehydes is 1. The summed E-state index contributed by atoms with van der Waals surface area (Å²) in [6, 6.07) is 6.53. The summed E-state index contributed by atoms with van der Waals surface area (Å²) in [5.41, 5.74) is 5.97. The van der Waals surface area contributed by atoms with E-state index in [1.54, 1.807) is 17.7 Å². The monoisotopic (exact) mass is 373 g/mol. The van der Waals surface area contributed by atoms with Crippen LogP contribution in [0.4, 0.5) is 0 Å². The summed E-state index contributed by atoms with van der Waals surface area (Å²) in [5.74, 6) is -2.49. The van der Waals surface area contributed by atoms with E-state index >= 15 is 0 Å². The highest BCUT2D eigenvalue weighted by Gasteiger charge is 2.41. The van der Waals surface area contributed by atoms with Gasteiger partial charge in [0.25, 0.3) is 0 Å². The van der Waals surface area contributed by atoms with Gasteiger partial charge in [-0.1, -0.05) is 32.0 Å². The molecule has 4 N–H and O–H groups in total. The molecule has 8 nitrogen and oxygen atoms in total. The zero-order chi connectivity index (χ0) is 20.4. The summed E-state index contributed by atoms with van der Waals surface area (Å²) < 4.78 is 1.73. The smallest absolute Gasteiger partial charge is 0.326 e. The lowest BCUT2D eigenvalue weighted by Crippen LogP contribution is -2.56.